The molecule has 0 aliphatic heterocycles. The second kappa shape index (κ2) is 8.06. The average Bonchev–Trinajstić information content (AvgIpc) is 2.31. The summed E-state index contributed by atoms with van der Waals surface area (Å²) >= 11 is 0. The number of hydrogen-bond acceptors (Lipinski definition) is 2. The van der Waals surface area contributed by atoms with E-state index in [2.05, 4.69) is 36.5 Å². The molecule has 0 bridgehead atoms. The van der Waals surface area contributed by atoms with E-state index in [0.717, 1.165) is 6.42 Å². The number of amides is 1. The Hall–Kier alpha value is -1.51. The second-order valence-electron chi connectivity index (χ2n) is 6.67. The first-order valence-electron chi connectivity index (χ1n) is 7.64. The van der Waals surface area contributed by atoms with Crippen LogP contribution in [0.5, 0.6) is 0 Å². The van der Waals surface area contributed by atoms with Crippen LogP contribution in [0.1, 0.15) is 59.6 Å². The minimum absolute atomic E-state index is 0.336. The Labute approximate surface area is 130 Å². The molecule has 1 aromatic carbocycles. The molecule has 3 heteroatoms. The number of carbonyl (C=O) groups is 1. The lowest BCUT2D eigenvalue weighted by Crippen LogP contribution is -2.47. The van der Waals surface area contributed by atoms with Crippen molar-refractivity contribution < 1.29 is 9.53 Å². The fourth-order valence-electron chi connectivity index (χ4n) is 1.84. The molecule has 1 amide bonds. The number of hydrogen-bond donors (Lipinski definition) is 1. The SMILES string of the molecule is CC.Cc1ccc(CC(C)(C)NC(=O)OC(C)(C)C)cc1. The monoisotopic (exact) mass is 293 g/mol. The van der Waals surface area contributed by atoms with Crippen molar-refractivity contribution in [1.29, 1.82) is 0 Å². The van der Waals surface area contributed by atoms with Crippen molar-refractivity contribution in [2.45, 2.75) is 73.0 Å². The predicted molar refractivity (Wildman–Crippen MR) is 89.7 cm³/mol. The van der Waals surface area contributed by atoms with Crippen LogP contribution in [0, 0.1) is 6.92 Å². The molecule has 0 atom stereocenters. The van der Waals surface area contributed by atoms with Crippen molar-refractivity contribution >= 4 is 6.09 Å². The van der Waals surface area contributed by atoms with E-state index in [1.807, 2.05) is 48.5 Å². The molecule has 1 N–H and O–H groups in total. The van der Waals surface area contributed by atoms with E-state index in [1.54, 1.807) is 0 Å². The van der Waals surface area contributed by atoms with Crippen LogP contribution in [-0.2, 0) is 11.2 Å². The Morgan fingerprint density at radius 2 is 1.52 bits per heavy atom. The van der Waals surface area contributed by atoms with Gasteiger partial charge in [0.1, 0.15) is 5.60 Å². The number of carbonyl (C=O) groups excluding carboxylic acids is 1. The topological polar surface area (TPSA) is 38.3 Å². The van der Waals surface area contributed by atoms with Crippen LogP contribution in [0.3, 0.4) is 0 Å². The molecular formula is C18H31NO2. The predicted octanol–water partition coefficient (Wildman–Crippen LogP) is 4.87. The first-order valence-corrected chi connectivity index (χ1v) is 7.64. The summed E-state index contributed by atoms with van der Waals surface area (Å²) in [5.74, 6) is 0. The maximum Gasteiger partial charge on any atom is 0.408 e. The standard InChI is InChI=1S/C16H25NO2.C2H6/c1-12-7-9-13(10-8-12)11-16(5,6)17-14(18)19-15(2,3)4;1-2/h7-10H,11H2,1-6H3,(H,17,18);1-2H3. The average molecular weight is 293 g/mol. The summed E-state index contributed by atoms with van der Waals surface area (Å²) in [6.07, 6.45) is 0.400. The molecule has 0 saturated heterocycles. The van der Waals surface area contributed by atoms with Crippen molar-refractivity contribution in [2.75, 3.05) is 0 Å². The van der Waals surface area contributed by atoms with E-state index in [0.29, 0.717) is 0 Å². The zero-order valence-corrected chi connectivity index (χ0v) is 14.8. The van der Waals surface area contributed by atoms with Gasteiger partial charge in [-0.25, -0.2) is 4.79 Å². The highest BCUT2D eigenvalue weighted by Crippen LogP contribution is 2.15. The number of benzene rings is 1. The lowest BCUT2D eigenvalue weighted by molar-refractivity contribution is 0.0472. The molecule has 0 aliphatic rings. The first-order chi connectivity index (χ1) is 9.57. The van der Waals surface area contributed by atoms with E-state index >= 15 is 0 Å². The van der Waals surface area contributed by atoms with Crippen molar-refractivity contribution in [2.24, 2.45) is 0 Å². The van der Waals surface area contributed by atoms with Gasteiger partial charge in [0.15, 0.2) is 0 Å². The lowest BCUT2D eigenvalue weighted by atomic mass is 9.94. The Morgan fingerprint density at radius 3 is 1.95 bits per heavy atom. The lowest BCUT2D eigenvalue weighted by Gasteiger charge is -2.28. The highest BCUT2D eigenvalue weighted by atomic mass is 16.6. The highest BCUT2D eigenvalue weighted by Gasteiger charge is 2.24. The summed E-state index contributed by atoms with van der Waals surface area (Å²) in [4.78, 5) is 11.8. The molecule has 21 heavy (non-hydrogen) atoms. The van der Waals surface area contributed by atoms with Gasteiger partial charge in [-0.05, 0) is 53.5 Å². The van der Waals surface area contributed by atoms with Gasteiger partial charge in [-0.2, -0.15) is 0 Å². The molecule has 3 nitrogen and oxygen atoms in total. The molecule has 0 fully saturated rings. The van der Waals surface area contributed by atoms with Crippen LogP contribution in [0.4, 0.5) is 4.79 Å². The summed E-state index contributed by atoms with van der Waals surface area (Å²) in [6.45, 7) is 15.6. The number of ether oxygens (including phenoxy) is 1. The maximum atomic E-state index is 11.8. The molecule has 1 aromatic rings. The van der Waals surface area contributed by atoms with E-state index in [4.69, 9.17) is 4.74 Å². The van der Waals surface area contributed by atoms with Crippen LogP contribution >= 0.6 is 0 Å². The molecule has 1 rings (SSSR count). The minimum Gasteiger partial charge on any atom is -0.444 e. The molecule has 0 unspecified atom stereocenters. The van der Waals surface area contributed by atoms with Gasteiger partial charge in [-0.3, -0.25) is 0 Å². The zero-order chi connectivity index (χ0) is 16.7. The molecule has 0 saturated carbocycles. The van der Waals surface area contributed by atoms with Gasteiger partial charge in [0.05, 0.1) is 0 Å². The summed E-state index contributed by atoms with van der Waals surface area (Å²) in [5.41, 5.74) is 1.63. The molecule has 0 radical (unpaired) electrons. The van der Waals surface area contributed by atoms with Gasteiger partial charge in [0.25, 0.3) is 0 Å². The summed E-state index contributed by atoms with van der Waals surface area (Å²) in [5, 5.41) is 2.91. The number of rotatable bonds is 3. The van der Waals surface area contributed by atoms with Gasteiger partial charge in [0, 0.05) is 5.54 Å². The van der Waals surface area contributed by atoms with Crippen LogP contribution < -0.4 is 5.32 Å². The molecule has 120 valence electrons. The van der Waals surface area contributed by atoms with Crippen LogP contribution in [0.2, 0.25) is 0 Å². The third-order valence-electron chi connectivity index (χ3n) is 2.61. The molecule has 0 aromatic heterocycles. The van der Waals surface area contributed by atoms with E-state index < -0.39 is 5.60 Å². The highest BCUT2D eigenvalue weighted by molar-refractivity contribution is 5.68. The summed E-state index contributed by atoms with van der Waals surface area (Å²) in [7, 11) is 0. The Kier molecular flexibility index (Phi) is 7.48. The zero-order valence-electron chi connectivity index (χ0n) is 14.8. The Morgan fingerprint density at radius 1 is 1.05 bits per heavy atom. The fourth-order valence-corrected chi connectivity index (χ4v) is 1.84. The van der Waals surface area contributed by atoms with Gasteiger partial charge >= 0.3 is 6.09 Å². The van der Waals surface area contributed by atoms with E-state index in [9.17, 15) is 4.79 Å². The third-order valence-corrected chi connectivity index (χ3v) is 2.61. The largest absolute Gasteiger partial charge is 0.444 e. The summed E-state index contributed by atoms with van der Waals surface area (Å²) in [6, 6.07) is 8.35. The van der Waals surface area contributed by atoms with Crippen molar-refractivity contribution in [1.82, 2.24) is 5.32 Å². The smallest absolute Gasteiger partial charge is 0.408 e. The van der Waals surface area contributed by atoms with E-state index in [-0.39, 0.29) is 11.6 Å². The van der Waals surface area contributed by atoms with Crippen LogP contribution in [0.25, 0.3) is 0 Å². The molecule has 0 heterocycles. The fraction of sp³-hybridized carbons (Fsp3) is 0.611. The number of nitrogens with one attached hydrogen (secondary N) is 1. The number of alkyl carbamates (subject to hydrolysis) is 1. The molecule has 0 aliphatic carbocycles. The van der Waals surface area contributed by atoms with E-state index in [1.165, 1.54) is 11.1 Å². The first kappa shape index (κ1) is 19.5. The maximum absolute atomic E-state index is 11.8. The van der Waals surface area contributed by atoms with Gasteiger partial charge in [-0.15, -0.1) is 0 Å². The van der Waals surface area contributed by atoms with Crippen LogP contribution in [-0.4, -0.2) is 17.2 Å². The quantitative estimate of drug-likeness (QED) is 0.863. The van der Waals surface area contributed by atoms with Crippen molar-refractivity contribution in [3.8, 4) is 0 Å². The molecule has 0 spiro atoms. The van der Waals surface area contributed by atoms with Gasteiger partial charge < -0.3 is 10.1 Å². The Balaban J connectivity index is 0.00000191. The Bertz CT molecular complexity index is 428. The van der Waals surface area contributed by atoms with Crippen molar-refractivity contribution in [3.05, 3.63) is 35.4 Å². The second-order valence-corrected chi connectivity index (χ2v) is 6.67. The van der Waals surface area contributed by atoms with Gasteiger partial charge in [-0.1, -0.05) is 43.7 Å². The van der Waals surface area contributed by atoms with Gasteiger partial charge in [0.2, 0.25) is 0 Å². The summed E-state index contributed by atoms with van der Waals surface area (Å²) < 4.78 is 5.28. The third kappa shape index (κ3) is 9.11. The molecular weight excluding hydrogens is 262 g/mol. The number of aryl methyl sites for hydroxylation is 1. The van der Waals surface area contributed by atoms with Crippen LogP contribution in [0.15, 0.2) is 24.3 Å². The normalized spacial score (nSPS) is 11.2. The van der Waals surface area contributed by atoms with Crippen molar-refractivity contribution in [3.63, 3.8) is 0 Å². The minimum atomic E-state index is -0.468.